The van der Waals surface area contributed by atoms with E-state index in [2.05, 4.69) is 31.2 Å². The van der Waals surface area contributed by atoms with E-state index in [0.717, 1.165) is 37.0 Å². The zero-order valence-electron chi connectivity index (χ0n) is 18.3. The summed E-state index contributed by atoms with van der Waals surface area (Å²) in [7, 11) is -1.91. The van der Waals surface area contributed by atoms with Gasteiger partial charge in [0.15, 0.2) is 0 Å². The lowest BCUT2D eigenvalue weighted by atomic mass is 9.87. The molecule has 1 saturated heterocycles. The van der Waals surface area contributed by atoms with Gasteiger partial charge in [-0.1, -0.05) is 43.2 Å². The van der Waals surface area contributed by atoms with Crippen molar-refractivity contribution in [1.82, 2.24) is 4.31 Å². The second-order valence-electron chi connectivity index (χ2n) is 8.87. The summed E-state index contributed by atoms with van der Waals surface area (Å²) in [5, 5.41) is 0. The van der Waals surface area contributed by atoms with E-state index in [1.54, 1.807) is 11.4 Å². The van der Waals surface area contributed by atoms with E-state index < -0.39 is 14.8 Å². The second kappa shape index (κ2) is 8.75. The molecule has 0 bridgehead atoms. The minimum atomic E-state index is -3.58. The maximum absolute atomic E-state index is 13.2. The molecule has 2 aliphatic rings. The van der Waals surface area contributed by atoms with Gasteiger partial charge < -0.3 is 9.53 Å². The Kier molecular flexibility index (Phi) is 6.22. The van der Waals surface area contributed by atoms with Crippen LogP contribution < -0.4 is 4.74 Å². The van der Waals surface area contributed by atoms with Crippen molar-refractivity contribution in [2.75, 3.05) is 20.2 Å². The molecule has 0 spiro atoms. The van der Waals surface area contributed by atoms with Gasteiger partial charge in [-0.3, -0.25) is 0 Å². The van der Waals surface area contributed by atoms with Crippen LogP contribution in [0.3, 0.4) is 0 Å². The highest BCUT2D eigenvalue weighted by Crippen LogP contribution is 2.40. The van der Waals surface area contributed by atoms with Gasteiger partial charge in [0.2, 0.25) is 10.0 Å². The number of hydrogen-bond acceptors (Lipinski definition) is 4. The number of methoxy groups -OCH3 is 1. The summed E-state index contributed by atoms with van der Waals surface area (Å²) < 4.78 is 32.1. The van der Waals surface area contributed by atoms with E-state index in [-0.39, 0.29) is 0 Å². The number of benzene rings is 2. The number of hydrogen-bond donors (Lipinski definition) is 0. The Balaban J connectivity index is 1.48. The molecule has 0 unspecified atom stereocenters. The summed E-state index contributed by atoms with van der Waals surface area (Å²) in [5.74, 6) is 1.17. The van der Waals surface area contributed by atoms with Gasteiger partial charge in [-0.05, 0) is 72.9 Å². The van der Waals surface area contributed by atoms with Crippen LogP contribution >= 0.6 is 0 Å². The second-order valence-corrected chi connectivity index (χ2v) is 11.2. The summed E-state index contributed by atoms with van der Waals surface area (Å²) in [6, 6.07) is 14.6. The van der Waals surface area contributed by atoms with Crippen LogP contribution in [0.25, 0.3) is 11.1 Å². The van der Waals surface area contributed by atoms with E-state index in [0.29, 0.717) is 38.1 Å². The smallest absolute Gasteiger partial charge is 0.226 e. The minimum absolute atomic E-state index is 0.334. The van der Waals surface area contributed by atoms with Gasteiger partial charge in [-0.2, -0.15) is 0 Å². The third-order valence-corrected chi connectivity index (χ3v) is 9.65. The Hall–Kier alpha value is -2.18. The first-order valence-corrected chi connectivity index (χ1v) is 12.6. The molecule has 2 aromatic carbocycles. The minimum Gasteiger partial charge on any atom is -0.497 e. The van der Waals surface area contributed by atoms with E-state index in [9.17, 15) is 13.2 Å². The zero-order valence-corrected chi connectivity index (χ0v) is 19.2. The number of carbonyl (C=O) groups is 1. The van der Waals surface area contributed by atoms with Crippen LogP contribution in [0.5, 0.6) is 5.75 Å². The van der Waals surface area contributed by atoms with Crippen molar-refractivity contribution < 1.29 is 17.9 Å². The third kappa shape index (κ3) is 4.03. The Bertz CT molecular complexity index is 1050. The zero-order chi connectivity index (χ0) is 22.1. The van der Waals surface area contributed by atoms with Gasteiger partial charge in [0.05, 0.1) is 7.11 Å². The molecule has 1 aliphatic carbocycles. The Morgan fingerprint density at radius 1 is 1.06 bits per heavy atom. The Labute approximate surface area is 185 Å². The van der Waals surface area contributed by atoms with Crippen LogP contribution in [0, 0.1) is 6.92 Å². The molecule has 2 fully saturated rings. The summed E-state index contributed by atoms with van der Waals surface area (Å²) in [4.78, 5) is 11.7. The number of sulfonamides is 1. The largest absolute Gasteiger partial charge is 0.497 e. The number of aryl methyl sites for hydroxylation is 1. The van der Waals surface area contributed by atoms with Crippen molar-refractivity contribution >= 4 is 16.3 Å². The van der Waals surface area contributed by atoms with E-state index in [1.165, 1.54) is 16.7 Å². The van der Waals surface area contributed by atoms with Gasteiger partial charge >= 0.3 is 0 Å². The molecular weight excluding hydrogens is 410 g/mol. The first-order chi connectivity index (χ1) is 14.9. The topological polar surface area (TPSA) is 63.7 Å². The molecule has 1 heterocycles. The fourth-order valence-electron chi connectivity index (χ4n) is 5.15. The van der Waals surface area contributed by atoms with Crippen molar-refractivity contribution in [2.24, 2.45) is 0 Å². The normalized spacial score (nSPS) is 19.9. The molecule has 31 heavy (non-hydrogen) atoms. The fraction of sp³-hybridized carbons (Fsp3) is 0.480. The van der Waals surface area contributed by atoms with Crippen LogP contribution in [0.4, 0.5) is 0 Å². The molecular formula is C25H31NO4S. The van der Waals surface area contributed by atoms with Crippen LogP contribution in [-0.4, -0.2) is 44.0 Å². The summed E-state index contributed by atoms with van der Waals surface area (Å²) in [6.45, 7) is 3.09. The number of ether oxygens (including phenoxy) is 1. The third-order valence-electron chi connectivity index (χ3n) is 7.07. The molecule has 1 aliphatic heterocycles. The first kappa shape index (κ1) is 22.0. The molecule has 1 saturated carbocycles. The highest BCUT2D eigenvalue weighted by Gasteiger charge is 2.49. The quantitative estimate of drug-likeness (QED) is 0.610. The number of piperidine rings is 1. The SMILES string of the molecule is COc1cccc(-c2ccc(C3CCN(S(=O)(=O)C4(C=O)CCCC4)CC3)cc2C)c1. The van der Waals surface area contributed by atoms with Gasteiger partial charge in [-0.25, -0.2) is 12.7 Å². The summed E-state index contributed by atoms with van der Waals surface area (Å²) in [6.07, 6.45) is 4.81. The fourth-order valence-corrected chi connectivity index (χ4v) is 7.28. The first-order valence-electron chi connectivity index (χ1n) is 11.1. The van der Waals surface area contributed by atoms with Gasteiger partial charge in [-0.15, -0.1) is 0 Å². The average molecular weight is 442 g/mol. The molecule has 166 valence electrons. The van der Waals surface area contributed by atoms with Crippen molar-refractivity contribution in [3.63, 3.8) is 0 Å². The van der Waals surface area contributed by atoms with Crippen LogP contribution in [-0.2, 0) is 14.8 Å². The number of carbonyl (C=O) groups excluding carboxylic acids is 1. The van der Waals surface area contributed by atoms with Gasteiger partial charge in [0.1, 0.15) is 16.8 Å². The lowest BCUT2D eigenvalue weighted by molar-refractivity contribution is -0.110. The lowest BCUT2D eigenvalue weighted by Crippen LogP contribution is -2.50. The molecule has 0 aromatic heterocycles. The Morgan fingerprint density at radius 3 is 2.39 bits per heavy atom. The monoisotopic (exact) mass is 441 g/mol. The predicted octanol–water partition coefficient (Wildman–Crippen LogP) is 4.69. The number of aldehydes is 1. The molecule has 0 N–H and O–H groups in total. The van der Waals surface area contributed by atoms with Gasteiger partial charge in [0.25, 0.3) is 0 Å². The molecule has 4 rings (SSSR count). The molecule has 0 atom stereocenters. The van der Waals surface area contributed by atoms with E-state index in [4.69, 9.17) is 4.74 Å². The summed E-state index contributed by atoms with van der Waals surface area (Å²) in [5.41, 5.74) is 4.76. The van der Waals surface area contributed by atoms with E-state index >= 15 is 0 Å². The molecule has 0 radical (unpaired) electrons. The van der Waals surface area contributed by atoms with E-state index in [1.807, 2.05) is 18.2 Å². The van der Waals surface area contributed by atoms with Crippen molar-refractivity contribution in [1.29, 1.82) is 0 Å². The van der Waals surface area contributed by atoms with Crippen LogP contribution in [0.1, 0.15) is 55.6 Å². The molecule has 0 amide bonds. The maximum Gasteiger partial charge on any atom is 0.226 e. The van der Waals surface area contributed by atoms with Crippen LogP contribution in [0.2, 0.25) is 0 Å². The van der Waals surface area contributed by atoms with Gasteiger partial charge in [0, 0.05) is 13.1 Å². The van der Waals surface area contributed by atoms with Crippen LogP contribution in [0.15, 0.2) is 42.5 Å². The summed E-state index contributed by atoms with van der Waals surface area (Å²) >= 11 is 0. The molecule has 6 heteroatoms. The Morgan fingerprint density at radius 2 is 1.77 bits per heavy atom. The molecule has 5 nitrogen and oxygen atoms in total. The van der Waals surface area contributed by atoms with Crippen molar-refractivity contribution in [3.8, 4) is 16.9 Å². The lowest BCUT2D eigenvalue weighted by Gasteiger charge is -2.36. The van der Waals surface area contributed by atoms with Crippen molar-refractivity contribution in [3.05, 3.63) is 53.6 Å². The number of rotatable bonds is 6. The number of nitrogens with zero attached hydrogens (tertiary/aromatic N) is 1. The predicted molar refractivity (Wildman–Crippen MR) is 123 cm³/mol. The van der Waals surface area contributed by atoms with Crippen molar-refractivity contribution in [2.45, 2.75) is 56.1 Å². The highest BCUT2D eigenvalue weighted by atomic mass is 32.2. The standard InChI is InChI=1S/C25H31NO4S/c1-19-16-21(8-9-24(19)22-6-5-7-23(17-22)30-2)20-10-14-26(15-11-20)31(28,29)25(18-27)12-3-4-13-25/h5-9,16-18,20H,3-4,10-15H2,1-2H3. The highest BCUT2D eigenvalue weighted by molar-refractivity contribution is 7.91. The maximum atomic E-state index is 13.2. The average Bonchev–Trinajstić information content (AvgIpc) is 3.30. The molecule has 2 aromatic rings.